The number of sulfonamides is 1. The van der Waals surface area contributed by atoms with Crippen molar-refractivity contribution in [2.75, 3.05) is 11.8 Å². The van der Waals surface area contributed by atoms with Crippen molar-refractivity contribution >= 4 is 21.6 Å². The van der Waals surface area contributed by atoms with Gasteiger partial charge in [-0.05, 0) is 43.3 Å². The minimum absolute atomic E-state index is 0.112. The molecule has 0 aliphatic heterocycles. The van der Waals surface area contributed by atoms with E-state index in [2.05, 4.69) is 10.0 Å². The molecule has 2 aromatic rings. The number of nitrogens with one attached hydrogen (secondary N) is 2. The number of hydrogen-bond acceptors (Lipinski definition) is 4. The molecule has 23 heavy (non-hydrogen) atoms. The normalized spacial score (nSPS) is 12.3. The zero-order valence-corrected chi connectivity index (χ0v) is 13.6. The molecule has 0 aliphatic carbocycles. The molecule has 0 spiro atoms. The van der Waals surface area contributed by atoms with Gasteiger partial charge in [0.05, 0.1) is 4.90 Å². The summed E-state index contributed by atoms with van der Waals surface area (Å²) in [6.07, 6.45) is -0.662. The van der Waals surface area contributed by atoms with Crippen molar-refractivity contribution in [3.8, 4) is 5.75 Å². The third kappa shape index (κ3) is 4.46. The number of benzene rings is 2. The van der Waals surface area contributed by atoms with E-state index in [4.69, 9.17) is 4.74 Å². The molecule has 0 radical (unpaired) electrons. The highest BCUT2D eigenvalue weighted by Crippen LogP contribution is 2.19. The van der Waals surface area contributed by atoms with Gasteiger partial charge in [0, 0.05) is 12.7 Å². The first-order valence-corrected chi connectivity index (χ1v) is 8.47. The van der Waals surface area contributed by atoms with Crippen LogP contribution >= 0.6 is 0 Å². The summed E-state index contributed by atoms with van der Waals surface area (Å²) in [5.41, 5.74) is 0.487. The minimum Gasteiger partial charge on any atom is -0.481 e. The summed E-state index contributed by atoms with van der Waals surface area (Å²) in [7, 11) is -2.14. The maximum atomic E-state index is 12.3. The van der Waals surface area contributed by atoms with Gasteiger partial charge in [0.25, 0.3) is 15.9 Å². The topological polar surface area (TPSA) is 84.5 Å². The van der Waals surface area contributed by atoms with Crippen LogP contribution in [0.1, 0.15) is 6.92 Å². The van der Waals surface area contributed by atoms with Gasteiger partial charge in [0.15, 0.2) is 6.10 Å². The molecular formula is C16H18N2O4S. The molecule has 6 nitrogen and oxygen atoms in total. The number of likely N-dealkylation sites (N-methyl/N-ethyl adjacent to an activating group) is 1. The van der Waals surface area contributed by atoms with Crippen LogP contribution in [0, 0.1) is 0 Å². The number of hydrogen-bond donors (Lipinski definition) is 2. The molecule has 0 unspecified atom stereocenters. The fraction of sp³-hybridized carbons (Fsp3) is 0.188. The van der Waals surface area contributed by atoms with E-state index >= 15 is 0 Å². The SMILES string of the molecule is CNC(=O)[C@H](C)Oc1ccc(S(=O)(=O)Nc2ccccc2)cc1. The van der Waals surface area contributed by atoms with Crippen LogP contribution in [0.4, 0.5) is 5.69 Å². The molecule has 0 bridgehead atoms. The van der Waals surface area contributed by atoms with E-state index < -0.39 is 16.1 Å². The fourth-order valence-electron chi connectivity index (χ4n) is 1.88. The first-order valence-electron chi connectivity index (χ1n) is 6.98. The predicted octanol–water partition coefficient (Wildman–Crippen LogP) is 2.00. The van der Waals surface area contributed by atoms with Crippen LogP contribution < -0.4 is 14.8 Å². The molecule has 0 saturated heterocycles. The maximum absolute atomic E-state index is 12.3. The van der Waals surface area contributed by atoms with Gasteiger partial charge in [-0.15, -0.1) is 0 Å². The minimum atomic E-state index is -3.66. The van der Waals surface area contributed by atoms with E-state index in [0.717, 1.165) is 0 Å². The number of rotatable bonds is 6. The second kappa shape index (κ2) is 7.15. The van der Waals surface area contributed by atoms with E-state index in [1.54, 1.807) is 37.3 Å². The molecular weight excluding hydrogens is 316 g/mol. The van der Waals surface area contributed by atoms with Gasteiger partial charge in [-0.2, -0.15) is 0 Å². The molecule has 122 valence electrons. The third-order valence-electron chi connectivity index (χ3n) is 3.09. The lowest BCUT2D eigenvalue weighted by Gasteiger charge is -2.13. The second-order valence-corrected chi connectivity index (χ2v) is 6.50. The summed E-state index contributed by atoms with van der Waals surface area (Å²) >= 11 is 0. The van der Waals surface area contributed by atoms with E-state index in [9.17, 15) is 13.2 Å². The van der Waals surface area contributed by atoms with Crippen LogP contribution in [-0.4, -0.2) is 27.5 Å². The smallest absolute Gasteiger partial charge is 0.261 e. The Bertz CT molecular complexity index is 758. The summed E-state index contributed by atoms with van der Waals surface area (Å²) in [6.45, 7) is 1.61. The number of carbonyl (C=O) groups excluding carboxylic acids is 1. The Morgan fingerprint density at radius 2 is 1.65 bits per heavy atom. The van der Waals surface area contributed by atoms with E-state index in [-0.39, 0.29) is 10.8 Å². The Morgan fingerprint density at radius 3 is 2.22 bits per heavy atom. The Morgan fingerprint density at radius 1 is 1.04 bits per heavy atom. The van der Waals surface area contributed by atoms with Crippen molar-refractivity contribution in [2.24, 2.45) is 0 Å². The Hall–Kier alpha value is -2.54. The molecule has 7 heteroatoms. The monoisotopic (exact) mass is 334 g/mol. The molecule has 1 atom stereocenters. The van der Waals surface area contributed by atoms with Crippen LogP contribution in [-0.2, 0) is 14.8 Å². The van der Waals surface area contributed by atoms with Crippen LogP contribution in [0.2, 0.25) is 0 Å². The summed E-state index contributed by atoms with van der Waals surface area (Å²) in [5.74, 6) is 0.159. The standard InChI is InChI=1S/C16H18N2O4S/c1-12(16(19)17-2)22-14-8-10-15(11-9-14)23(20,21)18-13-6-4-3-5-7-13/h3-12,18H,1-2H3,(H,17,19)/t12-/m0/s1. The summed E-state index contributed by atoms with van der Waals surface area (Å²) in [6, 6.07) is 14.5. The maximum Gasteiger partial charge on any atom is 0.261 e. The van der Waals surface area contributed by atoms with Gasteiger partial charge in [-0.1, -0.05) is 18.2 Å². The largest absolute Gasteiger partial charge is 0.481 e. The van der Waals surface area contributed by atoms with Gasteiger partial charge in [-0.25, -0.2) is 8.42 Å². The molecule has 0 heterocycles. The second-order valence-electron chi connectivity index (χ2n) is 4.82. The number of carbonyl (C=O) groups is 1. The number of amides is 1. The zero-order chi connectivity index (χ0) is 16.9. The van der Waals surface area contributed by atoms with Crippen molar-refractivity contribution in [2.45, 2.75) is 17.9 Å². The lowest BCUT2D eigenvalue weighted by molar-refractivity contribution is -0.126. The molecule has 2 N–H and O–H groups in total. The van der Waals surface area contributed by atoms with Crippen LogP contribution in [0.3, 0.4) is 0 Å². The third-order valence-corrected chi connectivity index (χ3v) is 4.49. The highest BCUT2D eigenvalue weighted by Gasteiger charge is 2.16. The van der Waals surface area contributed by atoms with Gasteiger partial charge in [0.2, 0.25) is 0 Å². The lowest BCUT2D eigenvalue weighted by atomic mass is 10.3. The Labute approximate surface area is 135 Å². The van der Waals surface area contributed by atoms with Crippen molar-refractivity contribution in [1.82, 2.24) is 5.32 Å². The zero-order valence-electron chi connectivity index (χ0n) is 12.8. The van der Waals surface area contributed by atoms with Crippen LogP contribution in [0.5, 0.6) is 5.75 Å². The van der Waals surface area contributed by atoms with Gasteiger partial charge in [-0.3, -0.25) is 9.52 Å². The highest BCUT2D eigenvalue weighted by atomic mass is 32.2. The lowest BCUT2D eigenvalue weighted by Crippen LogP contribution is -2.33. The van der Waals surface area contributed by atoms with E-state index in [1.807, 2.05) is 0 Å². The van der Waals surface area contributed by atoms with Crippen LogP contribution in [0.15, 0.2) is 59.5 Å². The van der Waals surface area contributed by atoms with Crippen LogP contribution in [0.25, 0.3) is 0 Å². The van der Waals surface area contributed by atoms with E-state index in [1.165, 1.54) is 31.3 Å². The average Bonchev–Trinajstić information content (AvgIpc) is 2.55. The van der Waals surface area contributed by atoms with Gasteiger partial charge in [0.1, 0.15) is 5.75 Å². The van der Waals surface area contributed by atoms with Gasteiger partial charge >= 0.3 is 0 Å². The fourth-order valence-corrected chi connectivity index (χ4v) is 2.94. The van der Waals surface area contributed by atoms with Crippen molar-refractivity contribution in [3.05, 3.63) is 54.6 Å². The first-order chi connectivity index (χ1) is 10.9. The molecule has 2 aromatic carbocycles. The number of para-hydroxylation sites is 1. The van der Waals surface area contributed by atoms with Crippen molar-refractivity contribution in [3.63, 3.8) is 0 Å². The number of anilines is 1. The van der Waals surface area contributed by atoms with Crippen molar-refractivity contribution in [1.29, 1.82) is 0 Å². The Balaban J connectivity index is 2.11. The first kappa shape index (κ1) is 16.8. The highest BCUT2D eigenvalue weighted by molar-refractivity contribution is 7.92. The molecule has 0 aliphatic rings. The molecule has 0 saturated carbocycles. The molecule has 0 aromatic heterocycles. The predicted molar refractivity (Wildman–Crippen MR) is 87.8 cm³/mol. The quantitative estimate of drug-likeness (QED) is 0.846. The van der Waals surface area contributed by atoms with E-state index in [0.29, 0.717) is 11.4 Å². The Kier molecular flexibility index (Phi) is 5.23. The molecule has 1 amide bonds. The summed E-state index contributed by atoms with van der Waals surface area (Å²) < 4.78 is 32.5. The summed E-state index contributed by atoms with van der Waals surface area (Å²) in [5, 5.41) is 2.48. The molecule has 2 rings (SSSR count). The van der Waals surface area contributed by atoms with Gasteiger partial charge < -0.3 is 10.1 Å². The number of ether oxygens (including phenoxy) is 1. The summed E-state index contributed by atoms with van der Waals surface area (Å²) in [4.78, 5) is 11.5. The molecule has 0 fully saturated rings. The van der Waals surface area contributed by atoms with Crippen molar-refractivity contribution < 1.29 is 17.9 Å². The average molecular weight is 334 g/mol.